The van der Waals surface area contributed by atoms with Gasteiger partial charge >= 0.3 is 0 Å². The fourth-order valence-corrected chi connectivity index (χ4v) is 2.02. The number of aromatic nitrogens is 2. The van der Waals surface area contributed by atoms with E-state index in [0.29, 0.717) is 0 Å². The number of benzene rings is 1. The number of nitrogens with two attached hydrogens (primary N) is 1. The molecule has 0 saturated carbocycles. The molecule has 88 valence electrons. The molecule has 0 aliphatic rings. The Hall–Kier alpha value is -1.76. The van der Waals surface area contributed by atoms with Crippen molar-refractivity contribution in [2.24, 2.45) is 5.73 Å². The summed E-state index contributed by atoms with van der Waals surface area (Å²) >= 11 is 2.90. The second-order valence-corrected chi connectivity index (χ2v) is 4.01. The first-order valence-corrected chi connectivity index (χ1v) is 5.27. The molecule has 0 bridgehead atoms. The summed E-state index contributed by atoms with van der Waals surface area (Å²) in [4.78, 5) is 15.0. The van der Waals surface area contributed by atoms with Gasteiger partial charge in [0.1, 0.15) is 0 Å². The Kier molecular flexibility index (Phi) is 2.93. The lowest BCUT2D eigenvalue weighted by atomic mass is 10.1. The number of amides is 1. The highest BCUT2D eigenvalue weighted by Crippen LogP contribution is 2.29. The van der Waals surface area contributed by atoms with Gasteiger partial charge in [-0.1, -0.05) is 0 Å². The van der Waals surface area contributed by atoms with Gasteiger partial charge in [-0.25, -0.2) is 13.8 Å². The van der Waals surface area contributed by atoms with Gasteiger partial charge in [-0.2, -0.15) is 0 Å². The van der Waals surface area contributed by atoms with E-state index in [2.05, 4.69) is 20.9 Å². The van der Waals surface area contributed by atoms with Crippen LogP contribution in [0.1, 0.15) is 10.4 Å². The van der Waals surface area contributed by atoms with Crippen molar-refractivity contribution < 1.29 is 13.6 Å². The molecule has 1 heterocycles. The summed E-state index contributed by atoms with van der Waals surface area (Å²) in [7, 11) is 0. The van der Waals surface area contributed by atoms with E-state index in [-0.39, 0.29) is 15.7 Å². The molecule has 2 aromatic rings. The van der Waals surface area contributed by atoms with Crippen LogP contribution in [-0.4, -0.2) is 15.5 Å². The highest BCUT2D eigenvalue weighted by Gasteiger charge is 2.20. The first kappa shape index (κ1) is 11.7. The van der Waals surface area contributed by atoms with Gasteiger partial charge in [-0.15, -0.1) is 0 Å². The van der Waals surface area contributed by atoms with Crippen LogP contribution in [0.25, 0.3) is 5.69 Å². The second-order valence-electron chi connectivity index (χ2n) is 3.22. The van der Waals surface area contributed by atoms with Gasteiger partial charge in [0.25, 0.3) is 5.91 Å². The quantitative estimate of drug-likeness (QED) is 0.863. The fraction of sp³-hybridized carbons (Fsp3) is 0. The Morgan fingerprint density at radius 2 is 2.18 bits per heavy atom. The Labute approximate surface area is 103 Å². The molecule has 2 N–H and O–H groups in total. The van der Waals surface area contributed by atoms with Crippen LogP contribution in [-0.2, 0) is 0 Å². The first-order chi connectivity index (χ1) is 8.02. The van der Waals surface area contributed by atoms with Crippen molar-refractivity contribution in [3.8, 4) is 5.69 Å². The number of rotatable bonds is 2. The number of hydrogen-bond donors (Lipinski definition) is 1. The minimum absolute atomic E-state index is 0.119. The van der Waals surface area contributed by atoms with Crippen LogP contribution in [0.3, 0.4) is 0 Å². The summed E-state index contributed by atoms with van der Waals surface area (Å²) < 4.78 is 27.8. The van der Waals surface area contributed by atoms with E-state index >= 15 is 0 Å². The minimum atomic E-state index is -1.14. The third-order valence-corrected chi connectivity index (χ3v) is 2.89. The summed E-state index contributed by atoms with van der Waals surface area (Å²) in [6, 6.07) is 0.762. The van der Waals surface area contributed by atoms with Crippen LogP contribution >= 0.6 is 15.9 Å². The summed E-state index contributed by atoms with van der Waals surface area (Å²) in [5, 5.41) is 0. The summed E-state index contributed by atoms with van der Waals surface area (Å²) in [5.74, 6) is -3.08. The van der Waals surface area contributed by atoms with Crippen molar-refractivity contribution in [2.45, 2.75) is 0 Å². The zero-order chi connectivity index (χ0) is 12.6. The molecule has 2 rings (SSSR count). The fourth-order valence-electron chi connectivity index (χ4n) is 1.42. The highest BCUT2D eigenvalue weighted by molar-refractivity contribution is 9.10. The molecule has 4 nitrogen and oxygen atoms in total. The predicted octanol–water partition coefficient (Wildman–Crippen LogP) is 2.01. The molecule has 1 aromatic heterocycles. The molecule has 17 heavy (non-hydrogen) atoms. The average molecular weight is 302 g/mol. The zero-order valence-corrected chi connectivity index (χ0v) is 9.91. The van der Waals surface area contributed by atoms with Gasteiger partial charge in [0, 0.05) is 12.4 Å². The molecule has 0 saturated heterocycles. The molecule has 0 aliphatic carbocycles. The number of halogens is 3. The number of carbonyl (C=O) groups is 1. The van der Waals surface area contributed by atoms with E-state index in [9.17, 15) is 13.6 Å². The lowest BCUT2D eigenvalue weighted by Crippen LogP contribution is -2.16. The Bertz CT molecular complexity index is 584. The lowest BCUT2D eigenvalue weighted by Gasteiger charge is -2.11. The van der Waals surface area contributed by atoms with Crippen LogP contribution in [0.2, 0.25) is 0 Å². The molecule has 0 spiro atoms. The van der Waals surface area contributed by atoms with E-state index in [0.717, 1.165) is 6.07 Å². The maximum atomic E-state index is 13.4. The van der Waals surface area contributed by atoms with E-state index in [4.69, 9.17) is 5.73 Å². The van der Waals surface area contributed by atoms with E-state index in [1.807, 2.05) is 0 Å². The zero-order valence-electron chi connectivity index (χ0n) is 8.32. The van der Waals surface area contributed by atoms with Crippen LogP contribution in [0.5, 0.6) is 0 Å². The van der Waals surface area contributed by atoms with Crippen molar-refractivity contribution in [3.63, 3.8) is 0 Å². The van der Waals surface area contributed by atoms with Gasteiger partial charge in [0.15, 0.2) is 11.6 Å². The molecule has 0 atom stereocenters. The predicted molar refractivity (Wildman–Crippen MR) is 59.7 cm³/mol. The van der Waals surface area contributed by atoms with E-state index in [1.165, 1.54) is 23.3 Å². The maximum absolute atomic E-state index is 13.4. The van der Waals surface area contributed by atoms with Crippen LogP contribution < -0.4 is 5.73 Å². The molecular formula is C10H6BrF2N3O. The van der Waals surface area contributed by atoms with E-state index in [1.54, 1.807) is 0 Å². The Morgan fingerprint density at radius 1 is 1.47 bits per heavy atom. The SMILES string of the molecule is NC(=O)c1cc(F)c(F)c(Br)c1-n1ccnc1. The molecule has 0 unspecified atom stereocenters. The monoisotopic (exact) mass is 301 g/mol. The third-order valence-electron chi connectivity index (χ3n) is 2.16. The first-order valence-electron chi connectivity index (χ1n) is 4.48. The molecule has 0 aliphatic heterocycles. The minimum Gasteiger partial charge on any atom is -0.366 e. The third kappa shape index (κ3) is 1.93. The molecule has 1 amide bonds. The van der Waals surface area contributed by atoms with Gasteiger partial charge in [0.05, 0.1) is 22.1 Å². The summed E-state index contributed by atoms with van der Waals surface area (Å²) in [6.07, 6.45) is 4.28. The summed E-state index contributed by atoms with van der Waals surface area (Å²) in [6.45, 7) is 0. The molecule has 0 fully saturated rings. The maximum Gasteiger partial charge on any atom is 0.250 e. The van der Waals surface area contributed by atoms with Crippen LogP contribution in [0.4, 0.5) is 8.78 Å². The average Bonchev–Trinajstić information content (AvgIpc) is 2.78. The van der Waals surface area contributed by atoms with Crippen molar-refractivity contribution in [1.29, 1.82) is 0 Å². The highest BCUT2D eigenvalue weighted by atomic mass is 79.9. The van der Waals surface area contributed by atoms with Crippen LogP contribution in [0, 0.1) is 11.6 Å². The number of imidazole rings is 1. The van der Waals surface area contributed by atoms with Crippen molar-refractivity contribution in [2.75, 3.05) is 0 Å². The number of primary amides is 1. The molecular weight excluding hydrogens is 296 g/mol. The van der Waals surface area contributed by atoms with Crippen LogP contribution in [0.15, 0.2) is 29.3 Å². The van der Waals surface area contributed by atoms with E-state index < -0.39 is 17.5 Å². The number of carbonyl (C=O) groups excluding carboxylic acids is 1. The van der Waals surface area contributed by atoms with Crippen molar-refractivity contribution in [1.82, 2.24) is 9.55 Å². The van der Waals surface area contributed by atoms with Gasteiger partial charge < -0.3 is 10.3 Å². The second kappa shape index (κ2) is 4.25. The van der Waals surface area contributed by atoms with Crippen molar-refractivity contribution >= 4 is 21.8 Å². The normalized spacial score (nSPS) is 10.5. The Balaban J connectivity index is 2.80. The topological polar surface area (TPSA) is 60.9 Å². The Morgan fingerprint density at radius 3 is 2.71 bits per heavy atom. The summed E-state index contributed by atoms with van der Waals surface area (Å²) in [5.41, 5.74) is 5.11. The molecule has 0 radical (unpaired) electrons. The number of hydrogen-bond acceptors (Lipinski definition) is 2. The standard InChI is InChI=1S/C10H6BrF2N3O/c11-7-8(13)6(12)3-5(10(14)17)9(7)16-2-1-15-4-16/h1-4H,(H2,14,17). The smallest absolute Gasteiger partial charge is 0.250 e. The van der Waals surface area contributed by atoms with Gasteiger partial charge in [-0.3, -0.25) is 4.79 Å². The van der Waals surface area contributed by atoms with Gasteiger partial charge in [0.2, 0.25) is 0 Å². The lowest BCUT2D eigenvalue weighted by molar-refractivity contribution is 0.0999. The largest absolute Gasteiger partial charge is 0.366 e. The van der Waals surface area contributed by atoms with Gasteiger partial charge in [-0.05, 0) is 22.0 Å². The number of nitrogens with zero attached hydrogens (tertiary/aromatic N) is 2. The van der Waals surface area contributed by atoms with Crippen molar-refractivity contribution in [3.05, 3.63) is 46.5 Å². The molecule has 7 heteroatoms. The molecule has 1 aromatic carbocycles.